The summed E-state index contributed by atoms with van der Waals surface area (Å²) in [6, 6.07) is 13.2. The summed E-state index contributed by atoms with van der Waals surface area (Å²) in [6.45, 7) is 3.76. The highest BCUT2D eigenvalue weighted by molar-refractivity contribution is 9.10. The smallest absolute Gasteiger partial charge is 0.137 e. The summed E-state index contributed by atoms with van der Waals surface area (Å²) >= 11 is 4.91. The maximum Gasteiger partial charge on any atom is 0.137 e. The fourth-order valence-corrected chi connectivity index (χ4v) is 3.41. The van der Waals surface area contributed by atoms with E-state index in [4.69, 9.17) is 0 Å². The van der Waals surface area contributed by atoms with E-state index in [9.17, 15) is 4.39 Å². The molecule has 0 aliphatic carbocycles. The van der Waals surface area contributed by atoms with Gasteiger partial charge in [-0.15, -0.1) is 0 Å². The zero-order chi connectivity index (χ0) is 14.4. The van der Waals surface area contributed by atoms with E-state index in [0.717, 1.165) is 27.9 Å². The quantitative estimate of drug-likeness (QED) is 0.712. The van der Waals surface area contributed by atoms with Crippen molar-refractivity contribution >= 4 is 27.7 Å². The highest BCUT2D eigenvalue weighted by atomic mass is 79.9. The highest BCUT2D eigenvalue weighted by Crippen LogP contribution is 2.33. The van der Waals surface area contributed by atoms with Gasteiger partial charge in [0.05, 0.1) is 4.90 Å². The number of rotatable bonds is 6. The lowest BCUT2D eigenvalue weighted by Crippen LogP contribution is -2.14. The third-order valence-corrected chi connectivity index (χ3v) is 4.45. The lowest BCUT2D eigenvalue weighted by atomic mass is 10.2. The van der Waals surface area contributed by atoms with E-state index in [-0.39, 0.29) is 5.82 Å². The van der Waals surface area contributed by atoms with Crippen molar-refractivity contribution in [3.05, 3.63) is 58.3 Å². The third-order valence-electron chi connectivity index (χ3n) is 2.81. The van der Waals surface area contributed by atoms with E-state index in [1.54, 1.807) is 6.07 Å². The Hall–Kier alpha value is -0.840. The van der Waals surface area contributed by atoms with Crippen molar-refractivity contribution in [3.63, 3.8) is 0 Å². The number of nitrogens with one attached hydrogen (secondary N) is 1. The summed E-state index contributed by atoms with van der Waals surface area (Å²) in [4.78, 5) is 1.73. The Morgan fingerprint density at radius 3 is 2.75 bits per heavy atom. The lowest BCUT2D eigenvalue weighted by Gasteiger charge is -2.11. The molecule has 0 aromatic heterocycles. The maximum absolute atomic E-state index is 14.1. The van der Waals surface area contributed by atoms with Crippen molar-refractivity contribution in [3.8, 4) is 0 Å². The molecule has 0 amide bonds. The molecule has 2 aromatic rings. The van der Waals surface area contributed by atoms with Gasteiger partial charge < -0.3 is 5.32 Å². The van der Waals surface area contributed by atoms with Gasteiger partial charge in [0.15, 0.2) is 0 Å². The number of benzene rings is 2. The van der Waals surface area contributed by atoms with Crippen LogP contribution in [0, 0.1) is 5.82 Å². The topological polar surface area (TPSA) is 12.0 Å². The highest BCUT2D eigenvalue weighted by Gasteiger charge is 2.10. The van der Waals surface area contributed by atoms with E-state index < -0.39 is 0 Å². The maximum atomic E-state index is 14.1. The summed E-state index contributed by atoms with van der Waals surface area (Å²) < 4.78 is 15.1. The molecule has 0 heterocycles. The second kappa shape index (κ2) is 7.81. The van der Waals surface area contributed by atoms with Gasteiger partial charge in [0.1, 0.15) is 5.82 Å². The van der Waals surface area contributed by atoms with Crippen molar-refractivity contribution < 1.29 is 4.39 Å². The number of halogens is 2. The van der Waals surface area contributed by atoms with Gasteiger partial charge >= 0.3 is 0 Å². The summed E-state index contributed by atoms with van der Waals surface area (Å²) in [5.41, 5.74) is 1.00. The standard InChI is InChI=1S/C16H17BrFNS/c1-2-9-19-11-12-5-3-8-15(18)16(12)20-14-7-4-6-13(17)10-14/h3-8,10,19H,2,9,11H2,1H3. The fourth-order valence-electron chi connectivity index (χ4n) is 1.86. The van der Waals surface area contributed by atoms with Crippen LogP contribution in [0.4, 0.5) is 4.39 Å². The predicted molar refractivity (Wildman–Crippen MR) is 86.7 cm³/mol. The van der Waals surface area contributed by atoms with Gasteiger partial charge in [-0.3, -0.25) is 0 Å². The Bertz CT molecular complexity index is 574. The van der Waals surface area contributed by atoms with E-state index >= 15 is 0 Å². The average molecular weight is 354 g/mol. The Labute approximate surface area is 132 Å². The van der Waals surface area contributed by atoms with Crippen LogP contribution in [-0.4, -0.2) is 6.54 Å². The molecule has 0 saturated heterocycles. The first-order valence-corrected chi connectivity index (χ1v) is 8.23. The van der Waals surface area contributed by atoms with E-state index in [0.29, 0.717) is 11.4 Å². The molecule has 2 aromatic carbocycles. The first-order chi connectivity index (χ1) is 9.70. The van der Waals surface area contributed by atoms with Crippen LogP contribution in [0.25, 0.3) is 0 Å². The Kier molecular flexibility index (Phi) is 6.07. The average Bonchev–Trinajstić information content (AvgIpc) is 2.43. The van der Waals surface area contributed by atoms with E-state index in [1.807, 2.05) is 30.3 Å². The molecule has 2 rings (SSSR count). The van der Waals surface area contributed by atoms with Gasteiger partial charge in [-0.1, -0.05) is 52.8 Å². The molecule has 1 N–H and O–H groups in total. The molecular formula is C16H17BrFNS. The van der Waals surface area contributed by atoms with Gasteiger partial charge in [0.25, 0.3) is 0 Å². The minimum atomic E-state index is -0.161. The first kappa shape index (κ1) is 15.5. The molecule has 0 spiro atoms. The first-order valence-electron chi connectivity index (χ1n) is 6.62. The van der Waals surface area contributed by atoms with Gasteiger partial charge in [-0.25, -0.2) is 4.39 Å². The summed E-state index contributed by atoms with van der Waals surface area (Å²) in [5, 5.41) is 3.33. The van der Waals surface area contributed by atoms with Crippen molar-refractivity contribution in [1.82, 2.24) is 5.32 Å². The van der Waals surface area contributed by atoms with Crippen LogP contribution in [0.2, 0.25) is 0 Å². The van der Waals surface area contributed by atoms with Gasteiger partial charge in [-0.05, 0) is 42.8 Å². The Morgan fingerprint density at radius 1 is 1.20 bits per heavy atom. The number of hydrogen-bond donors (Lipinski definition) is 1. The zero-order valence-electron chi connectivity index (χ0n) is 11.3. The molecule has 0 saturated carbocycles. The minimum absolute atomic E-state index is 0.161. The molecule has 4 heteroatoms. The molecule has 20 heavy (non-hydrogen) atoms. The third kappa shape index (κ3) is 4.33. The Balaban J connectivity index is 2.21. The van der Waals surface area contributed by atoms with Crippen LogP contribution in [0.15, 0.2) is 56.7 Å². The SMILES string of the molecule is CCCNCc1cccc(F)c1Sc1cccc(Br)c1. The molecular weight excluding hydrogens is 337 g/mol. The van der Waals surface area contributed by atoms with Crippen molar-refractivity contribution in [2.24, 2.45) is 0 Å². The minimum Gasteiger partial charge on any atom is -0.313 e. The van der Waals surface area contributed by atoms with Crippen LogP contribution in [-0.2, 0) is 6.54 Å². The number of hydrogen-bond acceptors (Lipinski definition) is 2. The van der Waals surface area contributed by atoms with Crippen molar-refractivity contribution in [1.29, 1.82) is 0 Å². The van der Waals surface area contributed by atoms with Crippen molar-refractivity contribution in [2.75, 3.05) is 6.54 Å². The normalized spacial score (nSPS) is 10.8. The van der Waals surface area contributed by atoms with Crippen LogP contribution >= 0.6 is 27.7 Å². The lowest BCUT2D eigenvalue weighted by molar-refractivity contribution is 0.589. The summed E-state index contributed by atoms with van der Waals surface area (Å²) in [6.07, 6.45) is 1.07. The van der Waals surface area contributed by atoms with Crippen LogP contribution in [0.1, 0.15) is 18.9 Å². The second-order valence-corrected chi connectivity index (χ2v) is 6.46. The van der Waals surface area contributed by atoms with Crippen molar-refractivity contribution in [2.45, 2.75) is 29.7 Å². The largest absolute Gasteiger partial charge is 0.313 e. The predicted octanol–water partition coefficient (Wildman–Crippen LogP) is 5.24. The van der Waals surface area contributed by atoms with Crippen LogP contribution < -0.4 is 5.32 Å². The fraction of sp³-hybridized carbons (Fsp3) is 0.250. The van der Waals surface area contributed by atoms with Crippen LogP contribution in [0.5, 0.6) is 0 Å². The molecule has 0 fully saturated rings. The zero-order valence-corrected chi connectivity index (χ0v) is 13.7. The summed E-state index contributed by atoms with van der Waals surface area (Å²) in [7, 11) is 0. The van der Waals surface area contributed by atoms with Gasteiger partial charge in [-0.2, -0.15) is 0 Å². The van der Waals surface area contributed by atoms with Gasteiger partial charge in [0, 0.05) is 15.9 Å². The molecule has 106 valence electrons. The van der Waals surface area contributed by atoms with Crippen LogP contribution in [0.3, 0.4) is 0 Å². The van der Waals surface area contributed by atoms with E-state index in [2.05, 4.69) is 28.2 Å². The molecule has 0 aliphatic rings. The second-order valence-electron chi connectivity index (χ2n) is 4.46. The van der Waals surface area contributed by atoms with Gasteiger partial charge in [0.2, 0.25) is 0 Å². The molecule has 0 bridgehead atoms. The summed E-state index contributed by atoms with van der Waals surface area (Å²) in [5.74, 6) is -0.161. The molecule has 0 unspecified atom stereocenters. The molecule has 0 aliphatic heterocycles. The Morgan fingerprint density at radius 2 is 2.00 bits per heavy atom. The molecule has 1 nitrogen and oxygen atoms in total. The van der Waals surface area contributed by atoms with E-state index in [1.165, 1.54) is 17.8 Å². The molecule has 0 radical (unpaired) electrons. The molecule has 0 atom stereocenters. The monoisotopic (exact) mass is 353 g/mol.